The van der Waals surface area contributed by atoms with Crippen molar-refractivity contribution in [3.05, 3.63) is 58.1 Å². The minimum atomic E-state index is -1.17. The second kappa shape index (κ2) is 7.15. The smallest absolute Gasteiger partial charge is 0.337 e. The minimum Gasteiger partial charge on any atom is -0.484 e. The van der Waals surface area contributed by atoms with Gasteiger partial charge < -0.3 is 15.2 Å². The highest BCUT2D eigenvalue weighted by Gasteiger charge is 2.13. The van der Waals surface area contributed by atoms with E-state index in [4.69, 9.17) is 21.4 Å². The van der Waals surface area contributed by atoms with Gasteiger partial charge in [-0.25, -0.2) is 4.79 Å². The van der Waals surface area contributed by atoms with Gasteiger partial charge in [0.1, 0.15) is 5.75 Å². The molecular weight excluding hydrogens is 318 g/mol. The average Bonchev–Trinajstić information content (AvgIpc) is 2.46. The Morgan fingerprint density at radius 1 is 1.13 bits per heavy atom. The molecule has 0 aromatic heterocycles. The Morgan fingerprint density at radius 3 is 2.39 bits per heavy atom. The molecule has 1 amide bonds. The lowest BCUT2D eigenvalue weighted by molar-refractivity contribution is -0.118. The van der Waals surface area contributed by atoms with Crippen LogP contribution in [0.3, 0.4) is 0 Å². The molecule has 23 heavy (non-hydrogen) atoms. The van der Waals surface area contributed by atoms with Crippen molar-refractivity contribution in [2.75, 3.05) is 11.9 Å². The van der Waals surface area contributed by atoms with Gasteiger partial charge in [-0.05, 0) is 55.3 Å². The monoisotopic (exact) mass is 333 g/mol. The predicted molar refractivity (Wildman–Crippen MR) is 88.5 cm³/mol. The zero-order valence-corrected chi connectivity index (χ0v) is 13.5. The number of carboxylic acid groups (broad SMARTS) is 1. The van der Waals surface area contributed by atoms with Gasteiger partial charge in [0, 0.05) is 5.02 Å². The number of rotatable bonds is 5. The summed E-state index contributed by atoms with van der Waals surface area (Å²) < 4.78 is 5.44. The molecule has 120 valence electrons. The van der Waals surface area contributed by atoms with Crippen LogP contribution in [0.25, 0.3) is 0 Å². The number of hydrogen-bond donors (Lipinski definition) is 2. The molecule has 0 spiro atoms. The van der Waals surface area contributed by atoms with E-state index in [0.717, 1.165) is 11.1 Å². The van der Waals surface area contributed by atoms with E-state index in [2.05, 4.69) is 5.32 Å². The maximum Gasteiger partial charge on any atom is 0.337 e. The SMILES string of the molecule is Cc1cc(C)cc(OCC(=O)Nc2ccc(Cl)cc2C(=O)O)c1. The first-order chi connectivity index (χ1) is 10.8. The van der Waals surface area contributed by atoms with E-state index in [1.807, 2.05) is 32.0 Å². The molecular formula is C17H16ClNO4. The Kier molecular flexibility index (Phi) is 5.24. The molecule has 2 aromatic carbocycles. The number of carbonyl (C=O) groups excluding carboxylic acids is 1. The van der Waals surface area contributed by atoms with Crippen molar-refractivity contribution in [2.45, 2.75) is 13.8 Å². The Balaban J connectivity index is 2.04. The molecule has 2 rings (SSSR count). The van der Waals surface area contributed by atoms with Gasteiger partial charge in [-0.3, -0.25) is 4.79 Å². The van der Waals surface area contributed by atoms with Crippen LogP contribution >= 0.6 is 11.6 Å². The Bertz CT molecular complexity index is 738. The molecule has 0 radical (unpaired) electrons. The fourth-order valence-corrected chi connectivity index (χ4v) is 2.33. The highest BCUT2D eigenvalue weighted by Crippen LogP contribution is 2.21. The number of hydrogen-bond acceptors (Lipinski definition) is 3. The molecule has 0 heterocycles. The fraction of sp³-hybridized carbons (Fsp3) is 0.176. The first kappa shape index (κ1) is 16.8. The van der Waals surface area contributed by atoms with Crippen molar-refractivity contribution in [2.24, 2.45) is 0 Å². The summed E-state index contributed by atoms with van der Waals surface area (Å²) in [6.07, 6.45) is 0. The van der Waals surface area contributed by atoms with Gasteiger partial charge in [0.25, 0.3) is 5.91 Å². The maximum absolute atomic E-state index is 12.0. The standard InChI is InChI=1S/C17H16ClNO4/c1-10-5-11(2)7-13(6-10)23-9-16(20)19-15-4-3-12(18)8-14(15)17(21)22/h3-8H,9H2,1-2H3,(H,19,20)(H,21,22). The van der Waals surface area contributed by atoms with Gasteiger partial charge in [0.2, 0.25) is 0 Å². The normalized spacial score (nSPS) is 10.2. The second-order valence-corrected chi connectivity index (χ2v) is 5.59. The largest absolute Gasteiger partial charge is 0.484 e. The Morgan fingerprint density at radius 2 is 1.78 bits per heavy atom. The molecule has 6 heteroatoms. The van der Waals surface area contributed by atoms with E-state index in [1.165, 1.54) is 18.2 Å². The van der Waals surface area contributed by atoms with Crippen LogP contribution in [-0.2, 0) is 4.79 Å². The molecule has 0 saturated carbocycles. The summed E-state index contributed by atoms with van der Waals surface area (Å²) in [5.74, 6) is -1.03. The summed E-state index contributed by atoms with van der Waals surface area (Å²) in [4.78, 5) is 23.1. The number of carbonyl (C=O) groups is 2. The topological polar surface area (TPSA) is 75.6 Å². The van der Waals surface area contributed by atoms with Crippen molar-refractivity contribution in [1.82, 2.24) is 0 Å². The van der Waals surface area contributed by atoms with Crippen LogP contribution in [0, 0.1) is 13.8 Å². The average molecular weight is 334 g/mol. The van der Waals surface area contributed by atoms with Crippen LogP contribution in [0.4, 0.5) is 5.69 Å². The molecule has 2 N–H and O–H groups in total. The van der Waals surface area contributed by atoms with E-state index in [0.29, 0.717) is 5.75 Å². The molecule has 5 nitrogen and oxygen atoms in total. The third-order valence-electron chi connectivity index (χ3n) is 3.05. The summed E-state index contributed by atoms with van der Waals surface area (Å²) >= 11 is 5.77. The summed E-state index contributed by atoms with van der Waals surface area (Å²) in [7, 11) is 0. The van der Waals surface area contributed by atoms with Gasteiger partial charge in [-0.15, -0.1) is 0 Å². The number of nitrogens with one attached hydrogen (secondary N) is 1. The molecule has 0 unspecified atom stereocenters. The summed E-state index contributed by atoms with van der Waals surface area (Å²) in [5.41, 5.74) is 2.17. The number of anilines is 1. The van der Waals surface area contributed by atoms with Crippen LogP contribution in [0.5, 0.6) is 5.75 Å². The number of halogens is 1. The number of benzene rings is 2. The molecule has 0 aliphatic carbocycles. The van der Waals surface area contributed by atoms with E-state index in [1.54, 1.807) is 0 Å². The number of aromatic carboxylic acids is 1. The minimum absolute atomic E-state index is 0.0720. The van der Waals surface area contributed by atoms with Crippen LogP contribution in [0.1, 0.15) is 21.5 Å². The van der Waals surface area contributed by atoms with Gasteiger partial charge in [-0.2, -0.15) is 0 Å². The van der Waals surface area contributed by atoms with Crippen LogP contribution in [0.2, 0.25) is 5.02 Å². The van der Waals surface area contributed by atoms with Crippen molar-refractivity contribution in [1.29, 1.82) is 0 Å². The van der Waals surface area contributed by atoms with E-state index >= 15 is 0 Å². The molecule has 0 saturated heterocycles. The third kappa shape index (κ3) is 4.72. The zero-order valence-electron chi connectivity index (χ0n) is 12.7. The molecule has 2 aromatic rings. The van der Waals surface area contributed by atoms with Gasteiger partial charge in [-0.1, -0.05) is 17.7 Å². The van der Waals surface area contributed by atoms with Crippen molar-refractivity contribution in [3.8, 4) is 5.75 Å². The van der Waals surface area contributed by atoms with Gasteiger partial charge in [0.15, 0.2) is 6.61 Å². The predicted octanol–water partition coefficient (Wildman–Crippen LogP) is 3.67. The molecule has 0 atom stereocenters. The van der Waals surface area contributed by atoms with Crippen molar-refractivity contribution < 1.29 is 19.4 Å². The summed E-state index contributed by atoms with van der Waals surface area (Å²) in [6, 6.07) is 9.88. The molecule has 0 bridgehead atoms. The molecule has 0 aliphatic rings. The lowest BCUT2D eigenvalue weighted by Gasteiger charge is -2.11. The summed E-state index contributed by atoms with van der Waals surface area (Å²) in [6.45, 7) is 3.66. The number of amides is 1. The quantitative estimate of drug-likeness (QED) is 0.875. The summed E-state index contributed by atoms with van der Waals surface area (Å²) in [5, 5.41) is 11.9. The second-order valence-electron chi connectivity index (χ2n) is 5.16. The van der Waals surface area contributed by atoms with E-state index in [-0.39, 0.29) is 22.9 Å². The van der Waals surface area contributed by atoms with Crippen LogP contribution < -0.4 is 10.1 Å². The Hall–Kier alpha value is -2.53. The first-order valence-corrected chi connectivity index (χ1v) is 7.27. The lowest BCUT2D eigenvalue weighted by Crippen LogP contribution is -2.21. The third-order valence-corrected chi connectivity index (χ3v) is 3.29. The molecule has 0 fully saturated rings. The van der Waals surface area contributed by atoms with Crippen LogP contribution in [0.15, 0.2) is 36.4 Å². The number of carboxylic acids is 1. The Labute approximate surface area is 138 Å². The fourth-order valence-electron chi connectivity index (χ4n) is 2.15. The van der Waals surface area contributed by atoms with E-state index in [9.17, 15) is 9.59 Å². The van der Waals surface area contributed by atoms with Gasteiger partial charge in [0.05, 0.1) is 11.3 Å². The highest BCUT2D eigenvalue weighted by molar-refractivity contribution is 6.31. The molecule has 0 aliphatic heterocycles. The highest BCUT2D eigenvalue weighted by atomic mass is 35.5. The first-order valence-electron chi connectivity index (χ1n) is 6.89. The van der Waals surface area contributed by atoms with Crippen molar-refractivity contribution >= 4 is 29.2 Å². The number of ether oxygens (including phenoxy) is 1. The number of aryl methyl sites for hydroxylation is 2. The van der Waals surface area contributed by atoms with E-state index < -0.39 is 11.9 Å². The van der Waals surface area contributed by atoms with Gasteiger partial charge >= 0.3 is 5.97 Å². The van der Waals surface area contributed by atoms with Crippen LogP contribution in [-0.4, -0.2) is 23.6 Å². The zero-order chi connectivity index (χ0) is 17.0. The van der Waals surface area contributed by atoms with Crippen molar-refractivity contribution in [3.63, 3.8) is 0 Å². The maximum atomic E-state index is 12.0. The lowest BCUT2D eigenvalue weighted by atomic mass is 10.1.